The maximum atomic E-state index is 12.7. The number of hydrogen-bond donors (Lipinski definition) is 3. The molecule has 0 aliphatic rings. The van der Waals surface area contributed by atoms with E-state index in [0.29, 0.717) is 12.2 Å². The summed E-state index contributed by atoms with van der Waals surface area (Å²) in [5, 5.41) is 20.9. The second-order valence-corrected chi connectivity index (χ2v) is 4.24. The number of hydrogen-bond acceptors (Lipinski definition) is 4. The van der Waals surface area contributed by atoms with Crippen LogP contribution in [0.3, 0.4) is 0 Å². The van der Waals surface area contributed by atoms with Gasteiger partial charge in [-0.15, -0.1) is 0 Å². The smallest absolute Gasteiger partial charge is 0.258 e. The van der Waals surface area contributed by atoms with Crippen molar-refractivity contribution in [3.63, 3.8) is 0 Å². The van der Waals surface area contributed by atoms with Gasteiger partial charge in [0.05, 0.1) is 18.8 Å². The van der Waals surface area contributed by atoms with E-state index in [4.69, 9.17) is 4.74 Å². The Morgan fingerprint density at radius 3 is 2.37 bits per heavy atom. The number of ether oxygens (including phenoxy) is 1. The molecule has 5 nitrogen and oxygen atoms in total. The molecule has 6 heteroatoms. The third-order valence-corrected chi connectivity index (χ3v) is 2.87. The van der Waals surface area contributed by atoms with E-state index in [1.54, 1.807) is 6.92 Å². The van der Waals surface area contributed by atoms with Gasteiger partial charge < -0.3 is 20.3 Å². The molecule has 0 spiro atoms. The highest BCUT2D eigenvalue weighted by atomic mass is 19.1. The van der Waals surface area contributed by atoms with Gasteiger partial charge in [0.1, 0.15) is 11.6 Å². The van der Waals surface area contributed by atoms with Crippen molar-refractivity contribution < 1.29 is 24.1 Å². The van der Waals surface area contributed by atoms with E-state index in [1.165, 1.54) is 24.3 Å². The summed E-state index contributed by atoms with van der Waals surface area (Å²) in [4.78, 5) is 11.6. The summed E-state index contributed by atoms with van der Waals surface area (Å²) in [6.45, 7) is 0.755. The Kier molecular flexibility index (Phi) is 5.72. The van der Waals surface area contributed by atoms with Crippen LogP contribution in [-0.4, -0.2) is 41.5 Å². The fraction of sp³-hybridized carbons (Fsp3) is 0.462. The maximum absolute atomic E-state index is 12.7. The van der Waals surface area contributed by atoms with Gasteiger partial charge in [-0.3, -0.25) is 4.79 Å². The van der Waals surface area contributed by atoms with Crippen LogP contribution in [0.4, 0.5) is 4.39 Å². The predicted octanol–water partition coefficient (Wildman–Crippen LogP) is 0.454. The zero-order valence-electron chi connectivity index (χ0n) is 10.7. The highest BCUT2D eigenvalue weighted by molar-refractivity contribution is 5.78. The number of aliphatic hydroxyl groups is 2. The molecule has 106 valence electrons. The fourth-order valence-electron chi connectivity index (χ4n) is 1.45. The molecule has 0 heterocycles. The van der Waals surface area contributed by atoms with Crippen molar-refractivity contribution in [2.75, 3.05) is 19.8 Å². The number of amides is 1. The number of carbonyl (C=O) groups is 1. The first-order chi connectivity index (χ1) is 9.05. The van der Waals surface area contributed by atoms with Crippen molar-refractivity contribution in [2.24, 2.45) is 0 Å². The zero-order valence-corrected chi connectivity index (χ0v) is 10.7. The molecule has 0 unspecified atom stereocenters. The van der Waals surface area contributed by atoms with Crippen LogP contribution >= 0.6 is 0 Å². The van der Waals surface area contributed by atoms with Crippen LogP contribution in [0.5, 0.6) is 5.75 Å². The van der Waals surface area contributed by atoms with E-state index in [-0.39, 0.29) is 25.6 Å². The molecule has 0 aromatic heterocycles. The Morgan fingerprint density at radius 2 is 1.89 bits per heavy atom. The molecule has 1 rings (SSSR count). The predicted molar refractivity (Wildman–Crippen MR) is 67.2 cm³/mol. The summed E-state index contributed by atoms with van der Waals surface area (Å²) in [5.74, 6) is -0.483. The van der Waals surface area contributed by atoms with E-state index in [0.717, 1.165) is 0 Å². The van der Waals surface area contributed by atoms with Gasteiger partial charge in [0.25, 0.3) is 5.91 Å². The van der Waals surface area contributed by atoms with Crippen LogP contribution < -0.4 is 10.1 Å². The first-order valence-electron chi connectivity index (χ1n) is 5.96. The van der Waals surface area contributed by atoms with Gasteiger partial charge in [-0.25, -0.2) is 4.39 Å². The summed E-state index contributed by atoms with van der Waals surface area (Å²) < 4.78 is 17.8. The largest absolute Gasteiger partial charge is 0.484 e. The lowest BCUT2D eigenvalue weighted by Crippen LogP contribution is -2.54. The Balaban J connectivity index is 2.49. The summed E-state index contributed by atoms with van der Waals surface area (Å²) in [7, 11) is 0. The van der Waals surface area contributed by atoms with E-state index in [2.05, 4.69) is 5.32 Å². The van der Waals surface area contributed by atoms with Crippen LogP contribution in [0.1, 0.15) is 13.3 Å². The van der Waals surface area contributed by atoms with Crippen LogP contribution in [0, 0.1) is 5.82 Å². The molecule has 0 aliphatic heterocycles. The third kappa shape index (κ3) is 4.50. The average molecular weight is 271 g/mol. The van der Waals surface area contributed by atoms with Crippen molar-refractivity contribution in [1.82, 2.24) is 5.32 Å². The van der Waals surface area contributed by atoms with Crippen molar-refractivity contribution in [3.05, 3.63) is 30.1 Å². The van der Waals surface area contributed by atoms with E-state index in [1.807, 2.05) is 0 Å². The highest BCUT2D eigenvalue weighted by Crippen LogP contribution is 2.11. The Bertz CT molecular complexity index is 395. The van der Waals surface area contributed by atoms with Gasteiger partial charge in [-0.2, -0.15) is 0 Å². The Hall–Kier alpha value is -1.66. The molecule has 0 atom stereocenters. The van der Waals surface area contributed by atoms with Gasteiger partial charge in [0.15, 0.2) is 6.61 Å². The van der Waals surface area contributed by atoms with Crippen molar-refractivity contribution >= 4 is 5.91 Å². The Labute approximate surface area is 111 Å². The van der Waals surface area contributed by atoms with Crippen LogP contribution in [0.25, 0.3) is 0 Å². The molecule has 0 saturated carbocycles. The molecule has 19 heavy (non-hydrogen) atoms. The lowest BCUT2D eigenvalue weighted by atomic mass is 9.98. The topological polar surface area (TPSA) is 78.8 Å². The average Bonchev–Trinajstić information content (AvgIpc) is 2.44. The lowest BCUT2D eigenvalue weighted by Gasteiger charge is -2.29. The van der Waals surface area contributed by atoms with Gasteiger partial charge >= 0.3 is 0 Å². The van der Waals surface area contributed by atoms with Crippen LogP contribution in [0.15, 0.2) is 24.3 Å². The van der Waals surface area contributed by atoms with Crippen molar-refractivity contribution in [2.45, 2.75) is 18.9 Å². The molecular formula is C13H18FNO4. The SMILES string of the molecule is CCC(CO)(CO)NC(=O)COc1ccc(F)cc1. The first-order valence-corrected chi connectivity index (χ1v) is 5.96. The minimum Gasteiger partial charge on any atom is -0.484 e. The molecule has 0 saturated heterocycles. The number of halogens is 1. The monoisotopic (exact) mass is 271 g/mol. The van der Waals surface area contributed by atoms with E-state index >= 15 is 0 Å². The lowest BCUT2D eigenvalue weighted by molar-refractivity contribution is -0.126. The standard InChI is InChI=1S/C13H18FNO4/c1-2-13(8-16,9-17)15-12(18)7-19-11-5-3-10(14)4-6-11/h3-6,16-17H,2,7-9H2,1H3,(H,15,18). The second-order valence-electron chi connectivity index (χ2n) is 4.24. The minimum absolute atomic E-state index is 0.270. The van der Waals surface area contributed by atoms with Gasteiger partial charge in [0.2, 0.25) is 0 Å². The van der Waals surface area contributed by atoms with Crippen LogP contribution in [0.2, 0.25) is 0 Å². The molecular weight excluding hydrogens is 253 g/mol. The van der Waals surface area contributed by atoms with E-state index < -0.39 is 11.4 Å². The first kappa shape index (κ1) is 15.4. The Morgan fingerprint density at radius 1 is 1.32 bits per heavy atom. The molecule has 1 aromatic rings. The molecule has 3 N–H and O–H groups in total. The van der Waals surface area contributed by atoms with Gasteiger partial charge in [-0.05, 0) is 30.7 Å². The molecule has 0 fully saturated rings. The van der Waals surface area contributed by atoms with Crippen molar-refractivity contribution in [1.29, 1.82) is 0 Å². The maximum Gasteiger partial charge on any atom is 0.258 e. The normalized spacial score (nSPS) is 11.2. The van der Waals surface area contributed by atoms with Gasteiger partial charge in [0, 0.05) is 0 Å². The summed E-state index contributed by atoms with van der Waals surface area (Å²) in [5.41, 5.74) is -1.04. The number of carbonyl (C=O) groups excluding carboxylic acids is 1. The second kappa shape index (κ2) is 7.06. The van der Waals surface area contributed by atoms with Crippen molar-refractivity contribution in [3.8, 4) is 5.75 Å². The molecule has 0 bridgehead atoms. The minimum atomic E-state index is -1.04. The fourth-order valence-corrected chi connectivity index (χ4v) is 1.45. The third-order valence-electron chi connectivity index (χ3n) is 2.87. The zero-order chi connectivity index (χ0) is 14.3. The number of rotatable bonds is 7. The molecule has 0 radical (unpaired) electrons. The molecule has 1 aromatic carbocycles. The quantitative estimate of drug-likeness (QED) is 0.673. The molecule has 1 amide bonds. The van der Waals surface area contributed by atoms with Crippen LogP contribution in [-0.2, 0) is 4.79 Å². The van der Waals surface area contributed by atoms with Gasteiger partial charge in [-0.1, -0.05) is 6.92 Å². The highest BCUT2D eigenvalue weighted by Gasteiger charge is 2.28. The summed E-state index contributed by atoms with van der Waals surface area (Å²) in [6.07, 6.45) is 0.391. The summed E-state index contributed by atoms with van der Waals surface area (Å²) >= 11 is 0. The number of nitrogens with one attached hydrogen (secondary N) is 1. The van der Waals surface area contributed by atoms with E-state index in [9.17, 15) is 19.4 Å². The number of benzene rings is 1. The number of aliphatic hydroxyl groups excluding tert-OH is 2. The molecule has 0 aliphatic carbocycles. The summed E-state index contributed by atoms with van der Waals surface area (Å²) in [6, 6.07) is 5.28.